The molecule has 10 aromatic rings. The maximum atomic E-state index is 7.08. The lowest BCUT2D eigenvalue weighted by Gasteiger charge is -2.29. The van der Waals surface area contributed by atoms with E-state index in [9.17, 15) is 0 Å². The van der Waals surface area contributed by atoms with Gasteiger partial charge in [-0.15, -0.1) is 21.9 Å². The monoisotopic (exact) mass is 676 g/mol. The molecule has 0 bridgehead atoms. The molecule has 16 radical (unpaired) electrons. The van der Waals surface area contributed by atoms with Gasteiger partial charge in [-0.1, -0.05) is 119 Å². The highest BCUT2D eigenvalue weighted by molar-refractivity contribution is 6.71. The smallest absolute Gasteiger partial charge is 0.136 e. The van der Waals surface area contributed by atoms with E-state index in [1.807, 2.05) is 54.6 Å². The van der Waals surface area contributed by atoms with E-state index in [0.29, 0.717) is 32.7 Å². The van der Waals surface area contributed by atoms with E-state index in [-0.39, 0.29) is 43.7 Å². The third kappa shape index (κ3) is 4.85. The van der Waals surface area contributed by atoms with Crippen molar-refractivity contribution in [2.24, 2.45) is 0 Å². The summed E-state index contributed by atoms with van der Waals surface area (Å²) in [7, 11) is 55.0. The zero-order valence-corrected chi connectivity index (χ0v) is 29.6. The predicted molar refractivity (Wildman–Crippen MR) is 243 cm³/mol. The molecule has 9 heteroatoms. The standard InChI is InChI=1S/C46H20B8O/c47-39-35-33(24-14-17-31-29(19-24)30-18-22-10-4-5-11-23(22)20-32(30)55-31)36-38(42(50)46(54)44(52)40(36)48)34(37(35)41(49)45(53)43(39)51)28-16-15-25(21-8-2-1-3-9-21)26-12-6-7-13-27(26)28/h1-20H. The summed E-state index contributed by atoms with van der Waals surface area (Å²) >= 11 is 0. The van der Waals surface area contributed by atoms with E-state index < -0.39 is 0 Å². The molecule has 234 valence electrons. The van der Waals surface area contributed by atoms with Gasteiger partial charge in [0.25, 0.3) is 0 Å². The highest BCUT2D eigenvalue weighted by Crippen LogP contribution is 2.45. The normalized spacial score (nSPS) is 11.9. The van der Waals surface area contributed by atoms with Crippen LogP contribution in [0.15, 0.2) is 126 Å². The van der Waals surface area contributed by atoms with Gasteiger partial charge in [-0.25, -0.2) is 0 Å². The fourth-order valence-electron chi connectivity index (χ4n) is 8.51. The minimum Gasteiger partial charge on any atom is -0.456 e. The third-order valence-electron chi connectivity index (χ3n) is 11.2. The van der Waals surface area contributed by atoms with Gasteiger partial charge < -0.3 is 4.42 Å². The number of benzene rings is 9. The van der Waals surface area contributed by atoms with Crippen LogP contribution in [0.2, 0.25) is 0 Å². The van der Waals surface area contributed by atoms with E-state index in [2.05, 4.69) is 66.7 Å². The third-order valence-corrected chi connectivity index (χ3v) is 11.2. The van der Waals surface area contributed by atoms with Crippen molar-refractivity contribution < 1.29 is 4.42 Å². The van der Waals surface area contributed by atoms with Crippen LogP contribution >= 0.6 is 0 Å². The Balaban J connectivity index is 1.41. The van der Waals surface area contributed by atoms with Gasteiger partial charge in [0.05, 0.1) is 0 Å². The van der Waals surface area contributed by atoms with Crippen LogP contribution in [-0.2, 0) is 0 Å². The van der Waals surface area contributed by atoms with Crippen molar-refractivity contribution in [2.45, 2.75) is 0 Å². The Morgan fingerprint density at radius 1 is 0.309 bits per heavy atom. The summed E-state index contributed by atoms with van der Waals surface area (Å²) in [6.45, 7) is 0. The molecule has 0 aliphatic rings. The zero-order valence-electron chi connectivity index (χ0n) is 29.6. The van der Waals surface area contributed by atoms with Crippen LogP contribution in [-0.4, -0.2) is 62.8 Å². The van der Waals surface area contributed by atoms with Gasteiger partial charge in [-0.05, 0) is 101 Å². The molecule has 9 aromatic carbocycles. The molecule has 1 aromatic heterocycles. The number of hydrogen-bond donors (Lipinski definition) is 0. The second-order valence-corrected chi connectivity index (χ2v) is 14.1. The second kappa shape index (κ2) is 12.4. The van der Waals surface area contributed by atoms with Crippen LogP contribution < -0.4 is 43.7 Å². The number of hydrogen-bond acceptors (Lipinski definition) is 1. The molecule has 0 saturated carbocycles. The first-order valence-corrected chi connectivity index (χ1v) is 17.8. The van der Waals surface area contributed by atoms with Crippen molar-refractivity contribution >= 4 is 172 Å². The van der Waals surface area contributed by atoms with Crippen LogP contribution in [0.25, 0.3) is 98.4 Å². The Bertz CT molecular complexity index is 3220. The molecule has 55 heavy (non-hydrogen) atoms. The summed E-state index contributed by atoms with van der Waals surface area (Å²) in [5.41, 5.74) is 8.19. The van der Waals surface area contributed by atoms with Crippen molar-refractivity contribution in [1.29, 1.82) is 0 Å². The molecule has 0 atom stereocenters. The first-order chi connectivity index (χ1) is 26.6. The molecule has 0 spiro atoms. The summed E-state index contributed by atoms with van der Waals surface area (Å²) in [5, 5.41) is 8.27. The Kier molecular flexibility index (Phi) is 7.66. The Morgan fingerprint density at radius 2 is 0.782 bits per heavy atom. The summed E-state index contributed by atoms with van der Waals surface area (Å²) in [6.07, 6.45) is 0. The van der Waals surface area contributed by atoms with Gasteiger partial charge in [0.15, 0.2) is 0 Å². The van der Waals surface area contributed by atoms with Crippen molar-refractivity contribution in [3.05, 3.63) is 121 Å². The van der Waals surface area contributed by atoms with Gasteiger partial charge in [0.2, 0.25) is 0 Å². The molecule has 0 aliphatic heterocycles. The molecule has 0 saturated heterocycles. The summed E-state index contributed by atoms with van der Waals surface area (Å²) < 4.78 is 6.38. The number of furan rings is 1. The van der Waals surface area contributed by atoms with Crippen molar-refractivity contribution in [3.63, 3.8) is 0 Å². The van der Waals surface area contributed by atoms with Crippen molar-refractivity contribution in [1.82, 2.24) is 0 Å². The predicted octanol–water partition coefficient (Wildman–Crippen LogP) is 3.55. The average molecular weight is 675 g/mol. The SMILES string of the molecule is [B]c1c([B])c([B])c2c(-c3ccc(-c4ccccc4)c4ccccc34)c3c([B])c([B])c([B])c([B])c3c(-c3ccc4oc5cc6ccccc6cc5c4c3)c2c1[B]. The minimum atomic E-state index is 0.164. The molecular formula is C46H20B8O. The van der Waals surface area contributed by atoms with E-state index >= 15 is 0 Å². The molecule has 0 amide bonds. The lowest BCUT2D eigenvalue weighted by atomic mass is 9.59. The fourth-order valence-corrected chi connectivity index (χ4v) is 8.51. The number of rotatable bonds is 3. The van der Waals surface area contributed by atoms with Crippen molar-refractivity contribution in [3.8, 4) is 33.4 Å². The van der Waals surface area contributed by atoms with Crippen LogP contribution in [0.3, 0.4) is 0 Å². The zero-order chi connectivity index (χ0) is 37.9. The van der Waals surface area contributed by atoms with E-state index in [0.717, 1.165) is 65.7 Å². The molecule has 10 rings (SSSR count). The van der Waals surface area contributed by atoms with E-state index in [1.165, 1.54) is 0 Å². The topological polar surface area (TPSA) is 13.1 Å². The highest BCUT2D eigenvalue weighted by Gasteiger charge is 2.26. The maximum absolute atomic E-state index is 7.08. The first-order valence-electron chi connectivity index (χ1n) is 17.8. The van der Waals surface area contributed by atoms with Gasteiger partial charge in [-0.3, -0.25) is 0 Å². The maximum Gasteiger partial charge on any atom is 0.136 e. The Morgan fingerprint density at radius 3 is 1.38 bits per heavy atom. The van der Waals surface area contributed by atoms with E-state index in [1.54, 1.807) is 0 Å². The summed E-state index contributed by atoms with van der Waals surface area (Å²) in [6, 6.07) is 40.9. The molecule has 0 aliphatic carbocycles. The van der Waals surface area contributed by atoms with Gasteiger partial charge in [-0.2, -0.15) is 0 Å². The van der Waals surface area contributed by atoms with Crippen molar-refractivity contribution in [2.75, 3.05) is 0 Å². The Labute approximate surface area is 329 Å². The lowest BCUT2D eigenvalue weighted by molar-refractivity contribution is 0.669. The molecule has 1 nitrogen and oxygen atoms in total. The van der Waals surface area contributed by atoms with Crippen LogP contribution in [0.4, 0.5) is 0 Å². The lowest BCUT2D eigenvalue weighted by Crippen LogP contribution is -2.50. The quantitative estimate of drug-likeness (QED) is 0.207. The van der Waals surface area contributed by atoms with Crippen LogP contribution in [0, 0.1) is 0 Å². The molecule has 0 fully saturated rings. The highest BCUT2D eigenvalue weighted by atomic mass is 16.3. The second-order valence-electron chi connectivity index (χ2n) is 14.1. The van der Waals surface area contributed by atoms with Crippen LogP contribution in [0.5, 0.6) is 0 Å². The van der Waals surface area contributed by atoms with Gasteiger partial charge >= 0.3 is 0 Å². The number of fused-ring (bicyclic) bond motifs is 7. The first kappa shape index (κ1) is 33.9. The summed E-state index contributed by atoms with van der Waals surface area (Å²) in [5.74, 6) is 0. The van der Waals surface area contributed by atoms with Gasteiger partial charge in [0, 0.05) is 10.8 Å². The molecule has 0 N–H and O–H groups in total. The molecular weight excluding hydrogens is 655 g/mol. The minimum absolute atomic E-state index is 0.164. The van der Waals surface area contributed by atoms with Crippen LogP contribution in [0.1, 0.15) is 0 Å². The molecule has 0 unspecified atom stereocenters. The van der Waals surface area contributed by atoms with Gasteiger partial charge in [0.1, 0.15) is 73.9 Å². The summed E-state index contributed by atoms with van der Waals surface area (Å²) in [4.78, 5) is 0. The Hall–Kier alpha value is -5.66. The fraction of sp³-hybridized carbons (Fsp3) is 0. The largest absolute Gasteiger partial charge is 0.456 e. The van der Waals surface area contributed by atoms with E-state index in [4.69, 9.17) is 67.2 Å². The molecule has 1 heterocycles. The average Bonchev–Trinajstić information content (AvgIpc) is 3.57.